The zero-order valence-corrected chi connectivity index (χ0v) is 16.8. The van der Waals surface area contributed by atoms with E-state index in [1.54, 1.807) is 11.3 Å². The van der Waals surface area contributed by atoms with Gasteiger partial charge in [-0.25, -0.2) is 19.9 Å². The molecule has 0 aliphatic rings. The van der Waals surface area contributed by atoms with Gasteiger partial charge in [-0.1, -0.05) is 6.92 Å². The number of rotatable bonds is 5. The van der Waals surface area contributed by atoms with Crippen LogP contribution in [-0.4, -0.2) is 26.0 Å². The maximum Gasteiger partial charge on any atom is 0.161 e. The number of aryl methyl sites for hydroxylation is 2. The maximum absolute atomic E-state index is 5.72. The summed E-state index contributed by atoms with van der Waals surface area (Å²) in [6, 6.07) is 7.94. The molecule has 6 heteroatoms. The predicted molar refractivity (Wildman–Crippen MR) is 110 cm³/mol. The van der Waals surface area contributed by atoms with E-state index in [-0.39, 0.29) is 6.10 Å². The van der Waals surface area contributed by atoms with Crippen LogP contribution >= 0.6 is 11.3 Å². The van der Waals surface area contributed by atoms with E-state index in [1.807, 2.05) is 51.2 Å². The third kappa shape index (κ3) is 3.49. The zero-order chi connectivity index (χ0) is 19.0. The Bertz CT molecular complexity index is 1100. The highest BCUT2D eigenvalue weighted by atomic mass is 32.1. The lowest BCUT2D eigenvalue weighted by Gasteiger charge is -2.10. The molecule has 0 spiro atoms. The quantitative estimate of drug-likeness (QED) is 0.468. The zero-order valence-electron chi connectivity index (χ0n) is 16.0. The number of benzene rings is 1. The first-order chi connectivity index (χ1) is 13.0. The number of aromatic nitrogens is 4. The highest BCUT2D eigenvalue weighted by molar-refractivity contribution is 7.25. The first-order valence-corrected chi connectivity index (χ1v) is 10.1. The van der Waals surface area contributed by atoms with Gasteiger partial charge in [-0.2, -0.15) is 0 Å². The molecule has 0 amide bonds. The summed E-state index contributed by atoms with van der Waals surface area (Å²) in [6.45, 7) is 8.20. The van der Waals surface area contributed by atoms with E-state index in [4.69, 9.17) is 19.7 Å². The fourth-order valence-electron chi connectivity index (χ4n) is 3.09. The summed E-state index contributed by atoms with van der Waals surface area (Å²) in [6.07, 6.45) is 3.99. The normalized spacial score (nSPS) is 11.6. The van der Waals surface area contributed by atoms with E-state index in [1.165, 1.54) is 0 Å². The van der Waals surface area contributed by atoms with Crippen molar-refractivity contribution in [3.63, 3.8) is 0 Å². The Morgan fingerprint density at radius 3 is 2.56 bits per heavy atom. The molecule has 0 aliphatic heterocycles. The molecule has 138 valence electrons. The number of ether oxygens (including phenoxy) is 1. The largest absolute Gasteiger partial charge is 0.491 e. The van der Waals surface area contributed by atoms with Crippen molar-refractivity contribution in [3.8, 4) is 17.1 Å². The molecular formula is C21H22N4OS. The van der Waals surface area contributed by atoms with Gasteiger partial charge in [-0.05, 0) is 51.5 Å². The third-order valence-electron chi connectivity index (χ3n) is 4.26. The maximum atomic E-state index is 5.72. The van der Waals surface area contributed by atoms with Crippen molar-refractivity contribution in [2.75, 3.05) is 0 Å². The molecule has 0 bridgehead atoms. The van der Waals surface area contributed by atoms with Crippen molar-refractivity contribution in [1.29, 1.82) is 0 Å². The Balaban J connectivity index is 1.78. The van der Waals surface area contributed by atoms with Crippen LogP contribution in [-0.2, 0) is 6.42 Å². The van der Waals surface area contributed by atoms with Crippen molar-refractivity contribution in [2.24, 2.45) is 0 Å². The first-order valence-electron chi connectivity index (χ1n) is 9.25. The molecule has 4 rings (SSSR count). The molecule has 0 fully saturated rings. The Kier molecular flexibility index (Phi) is 4.74. The highest BCUT2D eigenvalue weighted by Gasteiger charge is 2.15. The monoisotopic (exact) mass is 378 g/mol. The lowest BCUT2D eigenvalue weighted by atomic mass is 10.2. The summed E-state index contributed by atoms with van der Waals surface area (Å²) < 4.78 is 6.77. The Hall–Kier alpha value is -2.60. The summed E-state index contributed by atoms with van der Waals surface area (Å²) >= 11 is 1.62. The van der Waals surface area contributed by atoms with E-state index in [2.05, 4.69) is 11.9 Å². The molecule has 0 saturated heterocycles. The second kappa shape index (κ2) is 7.19. The van der Waals surface area contributed by atoms with Crippen LogP contribution in [0.3, 0.4) is 0 Å². The molecular weight excluding hydrogens is 356 g/mol. The average Bonchev–Trinajstić information content (AvgIpc) is 3.00. The molecule has 4 aromatic rings. The molecule has 3 aromatic heterocycles. The molecule has 0 saturated carbocycles. The van der Waals surface area contributed by atoms with Crippen LogP contribution in [0.5, 0.6) is 5.75 Å². The van der Waals surface area contributed by atoms with Gasteiger partial charge >= 0.3 is 0 Å². The van der Waals surface area contributed by atoms with Crippen molar-refractivity contribution >= 4 is 31.8 Å². The Labute approximate surface area is 162 Å². The second-order valence-corrected chi connectivity index (χ2v) is 7.89. The molecule has 1 aromatic carbocycles. The van der Waals surface area contributed by atoms with Crippen LogP contribution < -0.4 is 4.74 Å². The van der Waals surface area contributed by atoms with Crippen LogP contribution in [0.1, 0.15) is 38.7 Å². The molecule has 0 aliphatic carbocycles. The summed E-state index contributed by atoms with van der Waals surface area (Å²) in [5.74, 6) is 2.46. The molecule has 0 N–H and O–H groups in total. The average molecular weight is 379 g/mol. The van der Waals surface area contributed by atoms with E-state index in [0.717, 1.165) is 61.9 Å². The fraction of sp³-hybridized carbons (Fsp3) is 0.333. The van der Waals surface area contributed by atoms with Crippen molar-refractivity contribution in [1.82, 2.24) is 19.9 Å². The minimum atomic E-state index is 0.156. The summed E-state index contributed by atoms with van der Waals surface area (Å²) in [4.78, 5) is 19.8. The third-order valence-corrected chi connectivity index (χ3v) is 5.27. The number of nitrogens with zero attached hydrogens (tertiary/aromatic N) is 4. The SMILES string of the molecule is CCCc1ncc2sc3nc(-c4ccc(OC(C)C)cc4)nc(C)c3c2n1. The Morgan fingerprint density at radius 2 is 1.85 bits per heavy atom. The van der Waals surface area contributed by atoms with Crippen LogP contribution in [0.25, 0.3) is 31.8 Å². The minimum absolute atomic E-state index is 0.156. The summed E-state index contributed by atoms with van der Waals surface area (Å²) in [7, 11) is 0. The molecule has 0 unspecified atom stereocenters. The van der Waals surface area contributed by atoms with Crippen molar-refractivity contribution < 1.29 is 4.74 Å². The standard InChI is InChI=1S/C21H22N4OS/c1-5-6-17-22-11-16-19(24-17)18-13(4)23-20(25-21(18)27-16)14-7-9-15(10-8-14)26-12(2)3/h7-12H,5-6H2,1-4H3. The number of hydrogen-bond donors (Lipinski definition) is 0. The van der Waals surface area contributed by atoms with Gasteiger partial charge in [0.05, 0.1) is 27.4 Å². The van der Waals surface area contributed by atoms with Gasteiger partial charge < -0.3 is 4.74 Å². The van der Waals surface area contributed by atoms with E-state index >= 15 is 0 Å². The van der Waals surface area contributed by atoms with Gasteiger partial charge in [0.1, 0.15) is 16.4 Å². The molecule has 27 heavy (non-hydrogen) atoms. The summed E-state index contributed by atoms with van der Waals surface area (Å²) in [5, 5.41) is 1.04. The van der Waals surface area contributed by atoms with Crippen molar-refractivity contribution in [2.45, 2.75) is 46.6 Å². The van der Waals surface area contributed by atoms with Gasteiger partial charge in [0, 0.05) is 18.2 Å². The highest BCUT2D eigenvalue weighted by Crippen LogP contribution is 2.34. The van der Waals surface area contributed by atoms with Gasteiger partial charge in [0.15, 0.2) is 5.82 Å². The topological polar surface area (TPSA) is 60.8 Å². The fourth-order valence-corrected chi connectivity index (χ4v) is 4.12. The lowest BCUT2D eigenvalue weighted by Crippen LogP contribution is -2.05. The number of thiophene rings is 1. The number of hydrogen-bond acceptors (Lipinski definition) is 6. The lowest BCUT2D eigenvalue weighted by molar-refractivity contribution is 0.242. The van der Waals surface area contributed by atoms with E-state index in [9.17, 15) is 0 Å². The molecule has 0 atom stereocenters. The molecule has 3 heterocycles. The second-order valence-electron chi connectivity index (χ2n) is 6.85. The molecule has 0 radical (unpaired) electrons. The molecule has 5 nitrogen and oxygen atoms in total. The van der Waals surface area contributed by atoms with Gasteiger partial charge in [-0.15, -0.1) is 11.3 Å². The van der Waals surface area contributed by atoms with Gasteiger partial charge in [-0.3, -0.25) is 0 Å². The van der Waals surface area contributed by atoms with Crippen LogP contribution in [0.2, 0.25) is 0 Å². The smallest absolute Gasteiger partial charge is 0.161 e. The first kappa shape index (κ1) is 17.8. The van der Waals surface area contributed by atoms with E-state index < -0.39 is 0 Å². The van der Waals surface area contributed by atoms with E-state index in [0.29, 0.717) is 0 Å². The number of fused-ring (bicyclic) bond motifs is 3. The predicted octanol–water partition coefficient (Wildman–Crippen LogP) is 5.35. The van der Waals surface area contributed by atoms with Crippen LogP contribution in [0.4, 0.5) is 0 Å². The Morgan fingerprint density at radius 1 is 1.07 bits per heavy atom. The van der Waals surface area contributed by atoms with Gasteiger partial charge in [0.2, 0.25) is 0 Å². The van der Waals surface area contributed by atoms with Gasteiger partial charge in [0.25, 0.3) is 0 Å². The van der Waals surface area contributed by atoms with Crippen LogP contribution in [0.15, 0.2) is 30.5 Å². The summed E-state index contributed by atoms with van der Waals surface area (Å²) in [5.41, 5.74) is 2.90. The van der Waals surface area contributed by atoms with Crippen molar-refractivity contribution in [3.05, 3.63) is 42.0 Å². The van der Waals surface area contributed by atoms with Crippen LogP contribution in [0, 0.1) is 6.92 Å². The minimum Gasteiger partial charge on any atom is -0.491 e.